The molecule has 0 spiro atoms. The van der Waals surface area contributed by atoms with E-state index in [4.69, 9.17) is 0 Å². The van der Waals surface area contributed by atoms with E-state index >= 15 is 0 Å². The monoisotopic (exact) mass is 306 g/mol. The molecule has 0 aliphatic rings. The lowest BCUT2D eigenvalue weighted by molar-refractivity contribution is 0.0669. The first-order chi connectivity index (χ1) is 11.3. The van der Waals surface area contributed by atoms with Gasteiger partial charge in [-0.3, -0.25) is 9.78 Å². The Bertz CT molecular complexity index is 741. The molecule has 1 amide bonds. The van der Waals surface area contributed by atoms with Crippen molar-refractivity contribution in [2.45, 2.75) is 19.5 Å². The molecule has 3 aromatic rings. The standard InChI is InChI=1S/C18H18N4O/c1-14(15-5-3-2-4-6-15)22(13-17-20-11-12-21-17)18(23)16-7-9-19-10-8-16/h2-12,14H,13H2,1H3,(H,20,21)/t14-/m1/s1. The van der Waals surface area contributed by atoms with Crippen LogP contribution >= 0.6 is 0 Å². The number of nitrogens with zero attached hydrogens (tertiary/aromatic N) is 3. The second-order valence-electron chi connectivity index (χ2n) is 5.29. The Balaban J connectivity index is 1.91. The van der Waals surface area contributed by atoms with E-state index in [1.807, 2.05) is 42.2 Å². The molecule has 0 aliphatic heterocycles. The Hall–Kier alpha value is -2.95. The molecule has 1 aromatic carbocycles. The number of nitrogens with one attached hydrogen (secondary N) is 1. The highest BCUT2D eigenvalue weighted by atomic mass is 16.2. The van der Waals surface area contributed by atoms with Gasteiger partial charge in [-0.1, -0.05) is 30.3 Å². The Kier molecular flexibility index (Phi) is 4.47. The summed E-state index contributed by atoms with van der Waals surface area (Å²) < 4.78 is 0. The summed E-state index contributed by atoms with van der Waals surface area (Å²) in [5, 5.41) is 0. The van der Waals surface area contributed by atoms with Gasteiger partial charge in [0.25, 0.3) is 5.91 Å². The van der Waals surface area contributed by atoms with Gasteiger partial charge in [0, 0.05) is 30.4 Å². The lowest BCUT2D eigenvalue weighted by Gasteiger charge is -2.29. The summed E-state index contributed by atoms with van der Waals surface area (Å²) in [6.07, 6.45) is 6.71. The molecule has 2 aromatic heterocycles. The SMILES string of the molecule is C[C@H](c1ccccc1)N(Cc1ncc[nH]1)C(=O)c1ccncc1. The van der Waals surface area contributed by atoms with Crippen molar-refractivity contribution in [1.82, 2.24) is 19.9 Å². The van der Waals surface area contributed by atoms with Crippen LogP contribution in [0.1, 0.15) is 34.7 Å². The molecule has 0 bridgehead atoms. The van der Waals surface area contributed by atoms with Crippen LogP contribution in [0.4, 0.5) is 0 Å². The quantitative estimate of drug-likeness (QED) is 0.787. The molecule has 0 radical (unpaired) electrons. The fourth-order valence-corrected chi connectivity index (χ4v) is 2.50. The highest BCUT2D eigenvalue weighted by Gasteiger charge is 2.23. The number of carbonyl (C=O) groups is 1. The molecule has 0 unspecified atom stereocenters. The molecule has 3 rings (SSSR count). The maximum absolute atomic E-state index is 12.9. The first kappa shape index (κ1) is 15.0. The molecule has 5 nitrogen and oxygen atoms in total. The molecular formula is C18H18N4O. The van der Waals surface area contributed by atoms with E-state index in [0.29, 0.717) is 12.1 Å². The minimum atomic E-state index is -0.0676. The lowest BCUT2D eigenvalue weighted by atomic mass is 10.1. The number of hydrogen-bond acceptors (Lipinski definition) is 3. The van der Waals surface area contributed by atoms with E-state index in [9.17, 15) is 4.79 Å². The van der Waals surface area contributed by atoms with Crippen LogP contribution in [0, 0.1) is 0 Å². The minimum Gasteiger partial charge on any atom is -0.347 e. The number of amides is 1. The number of benzene rings is 1. The number of aromatic nitrogens is 3. The van der Waals surface area contributed by atoms with Crippen LogP contribution in [0.25, 0.3) is 0 Å². The molecule has 0 aliphatic carbocycles. The number of aromatic amines is 1. The summed E-state index contributed by atoms with van der Waals surface area (Å²) >= 11 is 0. The van der Waals surface area contributed by atoms with Crippen molar-refractivity contribution in [3.63, 3.8) is 0 Å². The zero-order valence-corrected chi connectivity index (χ0v) is 12.9. The first-order valence-electron chi connectivity index (χ1n) is 7.50. The highest BCUT2D eigenvalue weighted by Crippen LogP contribution is 2.23. The second-order valence-corrected chi connectivity index (χ2v) is 5.29. The number of hydrogen-bond donors (Lipinski definition) is 1. The van der Waals surface area contributed by atoms with E-state index in [2.05, 4.69) is 15.0 Å². The Morgan fingerprint density at radius 2 is 1.87 bits per heavy atom. The van der Waals surface area contributed by atoms with Crippen LogP contribution in [-0.2, 0) is 6.54 Å². The van der Waals surface area contributed by atoms with Gasteiger partial charge < -0.3 is 9.88 Å². The van der Waals surface area contributed by atoms with Gasteiger partial charge in [0.05, 0.1) is 12.6 Å². The average molecular weight is 306 g/mol. The van der Waals surface area contributed by atoms with Crippen molar-refractivity contribution in [2.24, 2.45) is 0 Å². The van der Waals surface area contributed by atoms with E-state index in [-0.39, 0.29) is 11.9 Å². The third-order valence-electron chi connectivity index (χ3n) is 3.81. The summed E-state index contributed by atoms with van der Waals surface area (Å²) in [6.45, 7) is 2.45. The maximum atomic E-state index is 12.9. The largest absolute Gasteiger partial charge is 0.347 e. The van der Waals surface area contributed by atoms with Crippen LogP contribution in [0.2, 0.25) is 0 Å². The van der Waals surface area contributed by atoms with Crippen LogP contribution in [0.15, 0.2) is 67.3 Å². The topological polar surface area (TPSA) is 61.9 Å². The van der Waals surface area contributed by atoms with Gasteiger partial charge in [-0.2, -0.15) is 0 Å². The van der Waals surface area contributed by atoms with Crippen molar-refractivity contribution in [1.29, 1.82) is 0 Å². The zero-order chi connectivity index (χ0) is 16.1. The van der Waals surface area contributed by atoms with Gasteiger partial charge >= 0.3 is 0 Å². The zero-order valence-electron chi connectivity index (χ0n) is 12.9. The normalized spacial score (nSPS) is 11.9. The van der Waals surface area contributed by atoms with Gasteiger partial charge in [0.2, 0.25) is 0 Å². The Morgan fingerprint density at radius 3 is 2.52 bits per heavy atom. The van der Waals surface area contributed by atoms with Crippen LogP contribution in [0.5, 0.6) is 0 Å². The van der Waals surface area contributed by atoms with Gasteiger partial charge in [0.1, 0.15) is 5.82 Å². The molecule has 5 heteroatoms. The summed E-state index contributed by atoms with van der Waals surface area (Å²) in [7, 11) is 0. The first-order valence-corrected chi connectivity index (χ1v) is 7.50. The summed E-state index contributed by atoms with van der Waals surface area (Å²) in [5.74, 6) is 0.718. The smallest absolute Gasteiger partial charge is 0.254 e. The minimum absolute atomic E-state index is 0.0415. The molecule has 1 N–H and O–H groups in total. The molecule has 1 atom stereocenters. The molecule has 23 heavy (non-hydrogen) atoms. The third-order valence-corrected chi connectivity index (χ3v) is 3.81. The van der Waals surface area contributed by atoms with E-state index < -0.39 is 0 Å². The number of carbonyl (C=O) groups excluding carboxylic acids is 1. The van der Waals surface area contributed by atoms with E-state index in [0.717, 1.165) is 11.4 Å². The van der Waals surface area contributed by atoms with Crippen molar-refractivity contribution in [2.75, 3.05) is 0 Å². The molecule has 116 valence electrons. The summed E-state index contributed by atoms with van der Waals surface area (Å²) in [4.78, 5) is 26.0. The van der Waals surface area contributed by atoms with Gasteiger partial charge in [-0.05, 0) is 24.6 Å². The van der Waals surface area contributed by atoms with Crippen LogP contribution in [-0.4, -0.2) is 25.8 Å². The molecule has 2 heterocycles. The number of H-pyrrole nitrogens is 1. The second kappa shape index (κ2) is 6.87. The van der Waals surface area contributed by atoms with Crippen molar-refractivity contribution >= 4 is 5.91 Å². The molecule has 0 saturated carbocycles. The van der Waals surface area contributed by atoms with Crippen molar-refractivity contribution < 1.29 is 4.79 Å². The average Bonchev–Trinajstić information content (AvgIpc) is 3.13. The van der Waals surface area contributed by atoms with Gasteiger partial charge in [-0.25, -0.2) is 4.98 Å². The highest BCUT2D eigenvalue weighted by molar-refractivity contribution is 5.94. The molecule has 0 saturated heterocycles. The van der Waals surface area contributed by atoms with Crippen LogP contribution in [0.3, 0.4) is 0 Å². The van der Waals surface area contributed by atoms with Crippen LogP contribution < -0.4 is 0 Å². The van der Waals surface area contributed by atoms with Crippen molar-refractivity contribution in [3.8, 4) is 0 Å². The summed E-state index contributed by atoms with van der Waals surface area (Å²) in [5.41, 5.74) is 1.70. The number of pyridine rings is 1. The van der Waals surface area contributed by atoms with E-state index in [1.54, 1.807) is 36.9 Å². The van der Waals surface area contributed by atoms with Gasteiger partial charge in [0.15, 0.2) is 0 Å². The third kappa shape index (κ3) is 3.45. The van der Waals surface area contributed by atoms with E-state index in [1.165, 1.54) is 0 Å². The predicted molar refractivity (Wildman–Crippen MR) is 87.6 cm³/mol. The summed E-state index contributed by atoms with van der Waals surface area (Å²) in [6, 6.07) is 13.4. The lowest BCUT2D eigenvalue weighted by Crippen LogP contribution is -2.33. The maximum Gasteiger partial charge on any atom is 0.254 e. The van der Waals surface area contributed by atoms with Gasteiger partial charge in [-0.15, -0.1) is 0 Å². The predicted octanol–water partition coefficient (Wildman–Crippen LogP) is 3.21. The number of rotatable bonds is 5. The fourth-order valence-electron chi connectivity index (χ4n) is 2.50. The Morgan fingerprint density at radius 1 is 1.13 bits per heavy atom. The fraction of sp³-hybridized carbons (Fsp3) is 0.167. The Labute approximate surface area is 135 Å². The molecular weight excluding hydrogens is 288 g/mol. The van der Waals surface area contributed by atoms with Crippen molar-refractivity contribution in [3.05, 3.63) is 84.2 Å². The molecule has 0 fully saturated rings. The number of imidazole rings is 1.